The molecule has 0 radical (unpaired) electrons. The number of ether oxygens (including phenoxy) is 1. The molecule has 2 saturated heterocycles. The number of fused-ring (bicyclic) bond motifs is 1. The second-order valence-corrected chi connectivity index (χ2v) is 11.4. The number of amides is 1. The van der Waals surface area contributed by atoms with Crippen LogP contribution < -0.4 is 0 Å². The number of β-amino-alcohol motifs (C(OH)–C–C–N with tert-alkyl or cyclic N) is 1. The highest BCUT2D eigenvalue weighted by atomic mass is 16.5. The second-order valence-electron chi connectivity index (χ2n) is 11.4. The van der Waals surface area contributed by atoms with Gasteiger partial charge in [0.2, 0.25) is 5.91 Å². The Morgan fingerprint density at radius 1 is 1.00 bits per heavy atom. The molecule has 1 amide bonds. The van der Waals surface area contributed by atoms with Gasteiger partial charge in [0, 0.05) is 44.1 Å². The average molecular weight is 421 g/mol. The minimum Gasteiger partial charge on any atom is -0.391 e. The molecule has 0 unspecified atom stereocenters. The third kappa shape index (κ3) is 5.77. The summed E-state index contributed by atoms with van der Waals surface area (Å²) >= 11 is 0. The summed E-state index contributed by atoms with van der Waals surface area (Å²) in [6.07, 6.45) is 11.5. The van der Waals surface area contributed by atoms with Crippen LogP contribution in [0.3, 0.4) is 0 Å². The number of aliphatic hydroxyl groups is 1. The van der Waals surface area contributed by atoms with Crippen LogP contribution in [0.5, 0.6) is 0 Å². The lowest BCUT2D eigenvalue weighted by molar-refractivity contribution is -0.136. The summed E-state index contributed by atoms with van der Waals surface area (Å²) in [5.74, 6) is 2.02. The molecular weight excluding hydrogens is 376 g/mol. The van der Waals surface area contributed by atoms with Gasteiger partial charge >= 0.3 is 0 Å². The Kier molecular flexibility index (Phi) is 7.42. The van der Waals surface area contributed by atoms with Gasteiger partial charge in [0.1, 0.15) is 0 Å². The van der Waals surface area contributed by atoms with E-state index in [1.54, 1.807) is 0 Å². The van der Waals surface area contributed by atoms with Crippen molar-refractivity contribution < 1.29 is 14.6 Å². The minimum atomic E-state index is -0.541. The van der Waals surface area contributed by atoms with Gasteiger partial charge in [0.05, 0.1) is 12.7 Å². The first-order chi connectivity index (χ1) is 14.4. The molecule has 3 atom stereocenters. The van der Waals surface area contributed by atoms with E-state index in [0.717, 1.165) is 45.0 Å². The number of likely N-dealkylation sites (tertiary alicyclic amines) is 1. The number of hydrogen-bond acceptors (Lipinski definition) is 4. The van der Waals surface area contributed by atoms with Crippen LogP contribution in [-0.4, -0.2) is 72.4 Å². The molecule has 5 nitrogen and oxygen atoms in total. The van der Waals surface area contributed by atoms with Crippen LogP contribution in [0.25, 0.3) is 0 Å². The van der Waals surface area contributed by atoms with Gasteiger partial charge in [-0.05, 0) is 69.2 Å². The fourth-order valence-electron chi connectivity index (χ4n) is 5.88. The van der Waals surface area contributed by atoms with Crippen LogP contribution in [0.15, 0.2) is 0 Å². The van der Waals surface area contributed by atoms with Crippen LogP contribution in [-0.2, 0) is 9.53 Å². The molecule has 2 saturated carbocycles. The molecule has 2 aliphatic carbocycles. The summed E-state index contributed by atoms with van der Waals surface area (Å²) in [6.45, 7) is 9.07. The van der Waals surface area contributed by atoms with Crippen molar-refractivity contribution >= 4 is 5.91 Å². The van der Waals surface area contributed by atoms with Gasteiger partial charge in [0.15, 0.2) is 0 Å². The molecule has 4 rings (SSSR count). The lowest BCUT2D eigenvalue weighted by atomic mass is 9.79. The molecule has 2 aliphatic heterocycles. The lowest BCUT2D eigenvalue weighted by Crippen LogP contribution is -2.48. The SMILES string of the molecule is CC1(C)COCCC[C@H]2CN(C3CCCC3)CC[C@H]2CC(=O)N(CC2CC2)C[C@@H]1O. The molecular formula is C25H44N2O3. The first-order valence-electron chi connectivity index (χ1n) is 12.7. The van der Waals surface area contributed by atoms with Crippen LogP contribution in [0.4, 0.5) is 0 Å². The highest BCUT2D eigenvalue weighted by Gasteiger charge is 2.38. The van der Waals surface area contributed by atoms with Crippen molar-refractivity contribution in [2.75, 3.05) is 39.4 Å². The summed E-state index contributed by atoms with van der Waals surface area (Å²) in [5.41, 5.74) is -0.331. The third-order valence-electron chi connectivity index (χ3n) is 8.36. The summed E-state index contributed by atoms with van der Waals surface area (Å²) < 4.78 is 6.02. The van der Waals surface area contributed by atoms with Crippen LogP contribution >= 0.6 is 0 Å². The Morgan fingerprint density at radius 3 is 2.50 bits per heavy atom. The molecule has 30 heavy (non-hydrogen) atoms. The Balaban J connectivity index is 1.45. The Labute approximate surface area is 183 Å². The Morgan fingerprint density at radius 2 is 1.77 bits per heavy atom. The highest BCUT2D eigenvalue weighted by Crippen LogP contribution is 2.36. The van der Waals surface area contributed by atoms with Crippen LogP contribution in [0.1, 0.15) is 78.1 Å². The molecule has 172 valence electrons. The maximum absolute atomic E-state index is 13.4. The van der Waals surface area contributed by atoms with Gasteiger partial charge in [-0.15, -0.1) is 0 Å². The predicted octanol–water partition coefficient (Wildman–Crippen LogP) is 3.69. The lowest BCUT2D eigenvalue weighted by Gasteiger charge is -2.42. The number of hydrogen-bond donors (Lipinski definition) is 1. The molecule has 1 N–H and O–H groups in total. The van der Waals surface area contributed by atoms with E-state index in [1.807, 2.05) is 4.90 Å². The van der Waals surface area contributed by atoms with Crippen molar-refractivity contribution in [3.8, 4) is 0 Å². The van der Waals surface area contributed by atoms with Crippen LogP contribution in [0.2, 0.25) is 0 Å². The van der Waals surface area contributed by atoms with E-state index >= 15 is 0 Å². The molecule has 0 bridgehead atoms. The topological polar surface area (TPSA) is 53.0 Å². The van der Waals surface area contributed by atoms with Crippen molar-refractivity contribution in [1.82, 2.24) is 9.80 Å². The van der Waals surface area contributed by atoms with E-state index in [1.165, 1.54) is 45.1 Å². The fraction of sp³-hybridized carbons (Fsp3) is 0.960. The third-order valence-corrected chi connectivity index (χ3v) is 8.36. The molecule has 0 aromatic rings. The Hall–Kier alpha value is -0.650. The summed E-state index contributed by atoms with van der Waals surface area (Å²) in [5, 5.41) is 10.9. The number of aliphatic hydroxyl groups excluding tert-OH is 1. The number of nitrogens with zero attached hydrogens (tertiary/aromatic N) is 2. The van der Waals surface area contributed by atoms with Crippen molar-refractivity contribution in [2.24, 2.45) is 23.2 Å². The number of carbonyl (C=O) groups is 1. The molecule has 2 heterocycles. The maximum Gasteiger partial charge on any atom is 0.222 e. The van der Waals surface area contributed by atoms with Crippen molar-refractivity contribution in [2.45, 2.75) is 90.2 Å². The summed E-state index contributed by atoms with van der Waals surface area (Å²) in [6, 6.07) is 0.782. The first kappa shape index (κ1) is 22.5. The van der Waals surface area contributed by atoms with Crippen molar-refractivity contribution in [3.63, 3.8) is 0 Å². The van der Waals surface area contributed by atoms with Gasteiger partial charge < -0.3 is 19.6 Å². The highest BCUT2D eigenvalue weighted by molar-refractivity contribution is 5.76. The van der Waals surface area contributed by atoms with E-state index in [0.29, 0.717) is 37.3 Å². The smallest absolute Gasteiger partial charge is 0.222 e. The zero-order valence-corrected chi connectivity index (χ0v) is 19.4. The van der Waals surface area contributed by atoms with E-state index in [-0.39, 0.29) is 11.3 Å². The number of rotatable bonds is 3. The largest absolute Gasteiger partial charge is 0.391 e. The van der Waals surface area contributed by atoms with Gasteiger partial charge in [-0.25, -0.2) is 0 Å². The van der Waals surface area contributed by atoms with Crippen LogP contribution in [0, 0.1) is 23.2 Å². The molecule has 5 heteroatoms. The first-order valence-corrected chi connectivity index (χ1v) is 12.7. The summed E-state index contributed by atoms with van der Waals surface area (Å²) in [4.78, 5) is 18.1. The van der Waals surface area contributed by atoms with E-state index in [9.17, 15) is 9.90 Å². The zero-order valence-electron chi connectivity index (χ0n) is 19.4. The van der Waals surface area contributed by atoms with Gasteiger partial charge in [-0.3, -0.25) is 4.79 Å². The fourth-order valence-corrected chi connectivity index (χ4v) is 5.88. The maximum atomic E-state index is 13.4. The number of carbonyl (C=O) groups excluding carboxylic acids is 1. The molecule has 0 aromatic carbocycles. The standard InChI is InChI=1S/C25H44N2O3/c1-25(2)18-30-13-5-6-21-16-26(22-7-3-4-8-22)12-11-20(21)14-24(29)27(17-23(25)28)15-19-9-10-19/h19-23,28H,3-18H2,1-2H3/t20-,21-,23-/m0/s1. The quantitative estimate of drug-likeness (QED) is 0.756. The van der Waals surface area contributed by atoms with E-state index in [2.05, 4.69) is 18.7 Å². The minimum absolute atomic E-state index is 0.279. The predicted molar refractivity (Wildman–Crippen MR) is 119 cm³/mol. The van der Waals surface area contributed by atoms with Gasteiger partial charge in [0.25, 0.3) is 0 Å². The molecule has 4 aliphatic rings. The van der Waals surface area contributed by atoms with Crippen molar-refractivity contribution in [3.05, 3.63) is 0 Å². The molecule has 4 fully saturated rings. The zero-order chi connectivity index (χ0) is 21.1. The van der Waals surface area contributed by atoms with E-state index < -0.39 is 6.10 Å². The van der Waals surface area contributed by atoms with E-state index in [4.69, 9.17) is 4.74 Å². The molecule has 0 spiro atoms. The van der Waals surface area contributed by atoms with Gasteiger partial charge in [-0.2, -0.15) is 0 Å². The second kappa shape index (κ2) is 9.87. The normalized spacial score (nSPS) is 35.4. The average Bonchev–Trinajstić information content (AvgIpc) is 3.36. The monoisotopic (exact) mass is 420 g/mol. The van der Waals surface area contributed by atoms with Gasteiger partial charge in [-0.1, -0.05) is 26.7 Å². The molecule has 0 aromatic heterocycles. The number of piperidine rings is 1. The summed E-state index contributed by atoms with van der Waals surface area (Å²) in [7, 11) is 0. The van der Waals surface area contributed by atoms with Crippen molar-refractivity contribution in [1.29, 1.82) is 0 Å². The Bertz CT molecular complexity index is 571.